The lowest BCUT2D eigenvalue weighted by Crippen LogP contribution is -2.49. The Kier molecular flexibility index (Phi) is 20.3. The summed E-state index contributed by atoms with van der Waals surface area (Å²) in [5.74, 6) is 0. The van der Waals surface area contributed by atoms with Crippen LogP contribution in [-0.4, -0.2) is 52.4 Å². The molecular formula is C29H59NO4P+. The van der Waals surface area contributed by atoms with Crippen molar-refractivity contribution in [3.63, 3.8) is 0 Å². The minimum absolute atomic E-state index is 0.0563. The topological polar surface area (TPSA) is 77.8 Å². The second-order valence-corrected chi connectivity index (χ2v) is 13.3. The Bertz CT molecular complexity index is 594. The van der Waals surface area contributed by atoms with Gasteiger partial charge in [0.15, 0.2) is 0 Å². The van der Waals surface area contributed by atoms with Gasteiger partial charge in [-0.15, -0.1) is 0 Å². The molecule has 0 saturated heterocycles. The molecule has 0 aromatic rings. The molecule has 208 valence electrons. The highest BCUT2D eigenvalue weighted by Gasteiger charge is 2.48. The van der Waals surface area contributed by atoms with Gasteiger partial charge in [0.05, 0.1) is 21.1 Å². The van der Waals surface area contributed by atoms with Crippen molar-refractivity contribution < 1.29 is 23.9 Å². The van der Waals surface area contributed by atoms with E-state index in [0.29, 0.717) is 10.9 Å². The molecule has 0 rings (SSSR count). The number of allylic oxidation sites excluding steroid dienone is 4. The summed E-state index contributed by atoms with van der Waals surface area (Å²) in [5.41, 5.74) is 0. The third-order valence-electron chi connectivity index (χ3n) is 6.52. The summed E-state index contributed by atoms with van der Waals surface area (Å²) in [5, 5.41) is 8.65. The van der Waals surface area contributed by atoms with E-state index < -0.39 is 12.9 Å². The molecule has 35 heavy (non-hydrogen) atoms. The fraction of sp³-hybridized carbons (Fsp3) is 0.862. The number of quaternary nitrogens is 1. The van der Waals surface area contributed by atoms with Gasteiger partial charge in [-0.2, -0.15) is 0 Å². The first-order valence-corrected chi connectivity index (χ1v) is 16.0. The van der Waals surface area contributed by atoms with Crippen LogP contribution >= 0.6 is 7.60 Å². The van der Waals surface area contributed by atoms with Crippen LogP contribution in [0.3, 0.4) is 0 Å². The molecule has 0 spiro atoms. The zero-order valence-corrected chi connectivity index (χ0v) is 24.5. The Morgan fingerprint density at radius 3 is 1.40 bits per heavy atom. The smallest absolute Gasteiger partial charge is 0.362 e. The zero-order valence-electron chi connectivity index (χ0n) is 23.6. The van der Waals surface area contributed by atoms with Crippen molar-refractivity contribution in [1.82, 2.24) is 0 Å². The Morgan fingerprint density at radius 1 is 0.629 bits per heavy atom. The zero-order chi connectivity index (χ0) is 26.5. The molecule has 0 aliphatic heterocycles. The monoisotopic (exact) mass is 516 g/mol. The van der Waals surface area contributed by atoms with E-state index in [-0.39, 0.29) is 13.0 Å². The summed E-state index contributed by atoms with van der Waals surface area (Å²) < 4.78 is 12.1. The van der Waals surface area contributed by atoms with Crippen LogP contribution in [0, 0.1) is 0 Å². The molecule has 0 fully saturated rings. The quantitative estimate of drug-likeness (QED) is 0.0524. The maximum atomic E-state index is 11.8. The summed E-state index contributed by atoms with van der Waals surface area (Å²) in [6.45, 7) is 2.32. The third kappa shape index (κ3) is 21.4. The highest BCUT2D eigenvalue weighted by molar-refractivity contribution is 7.53. The molecule has 0 bridgehead atoms. The fourth-order valence-corrected chi connectivity index (χ4v) is 5.56. The van der Waals surface area contributed by atoms with Crippen LogP contribution in [-0.2, 0) is 4.57 Å². The van der Waals surface area contributed by atoms with Gasteiger partial charge in [0.25, 0.3) is 0 Å². The van der Waals surface area contributed by atoms with Crippen molar-refractivity contribution in [3.05, 3.63) is 24.3 Å². The predicted molar refractivity (Wildman–Crippen MR) is 152 cm³/mol. The van der Waals surface area contributed by atoms with Crippen LogP contribution in [0.15, 0.2) is 24.3 Å². The van der Waals surface area contributed by atoms with Gasteiger partial charge < -0.3 is 19.4 Å². The number of likely N-dealkylation sites (N-methyl/N-ethyl adjacent to an activating group) is 1. The number of rotatable bonds is 24. The molecular weight excluding hydrogens is 457 g/mol. The normalized spacial score (nSPS) is 14.8. The van der Waals surface area contributed by atoms with Crippen molar-refractivity contribution >= 4 is 7.60 Å². The van der Waals surface area contributed by atoms with Gasteiger partial charge in [-0.1, -0.05) is 95.4 Å². The first kappa shape index (κ1) is 34.6. The molecule has 0 saturated carbocycles. The number of nitrogens with zero attached hydrogens (tertiary/aromatic N) is 1. The van der Waals surface area contributed by atoms with Crippen LogP contribution in [0.5, 0.6) is 0 Å². The van der Waals surface area contributed by atoms with Crippen molar-refractivity contribution in [2.45, 2.75) is 134 Å². The molecule has 0 radical (unpaired) electrons. The minimum Gasteiger partial charge on any atom is -0.373 e. The summed E-state index contributed by atoms with van der Waals surface area (Å²) >= 11 is 0. The lowest BCUT2D eigenvalue weighted by atomic mass is 10.0. The summed E-state index contributed by atoms with van der Waals surface area (Å²) in [7, 11) is 0.967. The summed E-state index contributed by atoms with van der Waals surface area (Å²) in [4.78, 5) is 19.2. The third-order valence-corrected chi connectivity index (χ3v) is 7.97. The largest absolute Gasteiger partial charge is 0.373 e. The van der Waals surface area contributed by atoms with E-state index in [4.69, 9.17) is 0 Å². The lowest BCUT2D eigenvalue weighted by molar-refractivity contribution is -0.875. The van der Waals surface area contributed by atoms with Crippen LogP contribution in [0.4, 0.5) is 0 Å². The number of hydrogen-bond donors (Lipinski definition) is 3. The number of aliphatic hydroxyl groups is 1. The van der Waals surface area contributed by atoms with Crippen molar-refractivity contribution in [1.29, 1.82) is 0 Å². The molecule has 0 aromatic heterocycles. The standard InChI is InChI=1S/C29H58NO4P/c1-5-6-7-8-9-10-11-12-13-14-15-16-17-18-19-20-21-22-23-24-25-26-27-29(31,35(32,33)34)28-30(2,3)4/h12-13,17-18,31H,5-11,14-16,19-28H2,1-4H3,(H-,32,33,34)/p+1/b13-12-,18-17-. The van der Waals surface area contributed by atoms with Crippen LogP contribution in [0.2, 0.25) is 0 Å². The van der Waals surface area contributed by atoms with Crippen LogP contribution < -0.4 is 0 Å². The van der Waals surface area contributed by atoms with Crippen molar-refractivity contribution in [3.8, 4) is 0 Å². The van der Waals surface area contributed by atoms with E-state index in [9.17, 15) is 19.5 Å². The van der Waals surface area contributed by atoms with Crippen molar-refractivity contribution in [2.24, 2.45) is 0 Å². The molecule has 0 aromatic carbocycles. The highest BCUT2D eigenvalue weighted by Crippen LogP contribution is 2.52. The second kappa shape index (κ2) is 20.6. The average Bonchev–Trinajstić information content (AvgIpc) is 2.75. The fourth-order valence-electron chi connectivity index (χ4n) is 4.50. The van der Waals surface area contributed by atoms with Gasteiger partial charge in [0.2, 0.25) is 5.34 Å². The lowest BCUT2D eigenvalue weighted by Gasteiger charge is -2.35. The van der Waals surface area contributed by atoms with Crippen molar-refractivity contribution in [2.75, 3.05) is 27.7 Å². The SMILES string of the molecule is CCCCCCCC/C=C\CCC/C=C\CCCCCCCCCC(O)(C[N+](C)(C)C)P(=O)(O)O. The number of unbranched alkanes of at least 4 members (excludes halogenated alkanes) is 15. The Hall–Kier alpha value is -0.450. The minimum atomic E-state index is -4.55. The maximum absolute atomic E-state index is 11.8. The van der Waals surface area contributed by atoms with E-state index in [1.165, 1.54) is 83.5 Å². The molecule has 3 N–H and O–H groups in total. The van der Waals surface area contributed by atoms with E-state index >= 15 is 0 Å². The molecule has 0 heterocycles. The van der Waals surface area contributed by atoms with Crippen LogP contribution in [0.1, 0.15) is 129 Å². The van der Waals surface area contributed by atoms with Crippen LogP contribution in [0.25, 0.3) is 0 Å². The molecule has 6 heteroatoms. The molecule has 1 atom stereocenters. The first-order valence-electron chi connectivity index (χ1n) is 14.4. The van der Waals surface area contributed by atoms with E-state index in [0.717, 1.165) is 25.7 Å². The maximum Gasteiger partial charge on any atom is 0.362 e. The molecule has 0 aliphatic carbocycles. The first-order chi connectivity index (χ1) is 16.5. The van der Waals surface area contributed by atoms with Gasteiger partial charge in [-0.25, -0.2) is 0 Å². The molecule has 0 aliphatic rings. The van der Waals surface area contributed by atoms with Gasteiger partial charge in [0, 0.05) is 0 Å². The predicted octanol–water partition coefficient (Wildman–Crippen LogP) is 8.10. The Labute approximate surface area is 217 Å². The van der Waals surface area contributed by atoms with E-state index in [1.54, 1.807) is 0 Å². The average molecular weight is 517 g/mol. The summed E-state index contributed by atoms with van der Waals surface area (Å²) in [6.07, 6.45) is 31.3. The Morgan fingerprint density at radius 2 is 1.00 bits per heavy atom. The van der Waals surface area contributed by atoms with Gasteiger partial charge in [0.1, 0.15) is 6.54 Å². The molecule has 1 unspecified atom stereocenters. The second-order valence-electron chi connectivity index (χ2n) is 11.4. The van der Waals surface area contributed by atoms with E-state index in [1.807, 2.05) is 21.1 Å². The van der Waals surface area contributed by atoms with Gasteiger partial charge in [-0.3, -0.25) is 4.57 Å². The van der Waals surface area contributed by atoms with E-state index in [2.05, 4.69) is 31.2 Å². The number of hydrogen-bond acceptors (Lipinski definition) is 2. The van der Waals surface area contributed by atoms with Gasteiger partial charge >= 0.3 is 7.60 Å². The van der Waals surface area contributed by atoms with Gasteiger partial charge in [-0.05, 0) is 57.8 Å². The highest BCUT2D eigenvalue weighted by atomic mass is 31.2. The Balaban J connectivity index is 3.59. The summed E-state index contributed by atoms with van der Waals surface area (Å²) in [6, 6.07) is 0. The molecule has 5 nitrogen and oxygen atoms in total. The molecule has 0 amide bonds.